The maximum absolute atomic E-state index is 3.94. The van der Waals surface area contributed by atoms with Crippen LogP contribution in [0.2, 0.25) is 0 Å². The molecule has 0 aliphatic rings. The molecule has 0 atom stereocenters. The summed E-state index contributed by atoms with van der Waals surface area (Å²) in [6.45, 7) is 0. The summed E-state index contributed by atoms with van der Waals surface area (Å²) in [6, 6.07) is 74.5. The molecule has 0 bridgehead atoms. The lowest BCUT2D eigenvalue weighted by Gasteiger charge is -2.28. The van der Waals surface area contributed by atoms with Gasteiger partial charge in [-0.2, -0.15) is 0 Å². The number of fused-ring (bicyclic) bond motifs is 4. The maximum atomic E-state index is 3.94. The van der Waals surface area contributed by atoms with Crippen molar-refractivity contribution < 1.29 is 0 Å². The van der Waals surface area contributed by atoms with Crippen molar-refractivity contribution in [3.8, 4) is 11.1 Å². The van der Waals surface area contributed by atoms with Crippen LogP contribution in [0.15, 0.2) is 215 Å². The molecular weight excluding hydrogens is 812 g/mol. The minimum Gasteiger partial charge on any atom is -0.310 e. The molecule has 0 saturated carbocycles. The van der Waals surface area contributed by atoms with Gasteiger partial charge in [0.05, 0.1) is 0 Å². The van der Waals surface area contributed by atoms with Crippen LogP contribution in [0, 0.1) is 0 Å². The largest absolute Gasteiger partial charge is 0.310 e. The molecule has 0 aliphatic carbocycles. The van der Waals surface area contributed by atoms with E-state index in [0.29, 0.717) is 0 Å². The molecule has 0 spiro atoms. The predicted octanol–water partition coefficient (Wildman–Crippen LogP) is 16.4. The van der Waals surface area contributed by atoms with Crippen molar-refractivity contribution in [1.82, 2.24) is 0 Å². The number of hydrogen-bond acceptors (Lipinski definition) is 2. The molecule has 0 aromatic heterocycles. The Bertz CT molecular complexity index is 2730. The van der Waals surface area contributed by atoms with Gasteiger partial charge in [-0.3, -0.25) is 0 Å². The summed E-state index contributed by atoms with van der Waals surface area (Å²) in [6.07, 6.45) is 0. The minimum absolute atomic E-state index is 0.999. The fraction of sp³-hybridized carbons (Fsp3) is 0. The van der Waals surface area contributed by atoms with Crippen LogP contribution in [0.25, 0.3) is 54.2 Å². The van der Waals surface area contributed by atoms with E-state index in [1.165, 1.54) is 43.1 Å². The maximum Gasteiger partial charge on any atom is 0.0479 e. The number of hydrogen-bond donors (Lipinski definition) is 0. The molecule has 0 unspecified atom stereocenters. The van der Waals surface area contributed by atoms with Crippen molar-refractivity contribution in [3.63, 3.8) is 0 Å². The van der Waals surface area contributed by atoms with Gasteiger partial charge in [0.1, 0.15) is 0 Å². The molecule has 56 heavy (non-hydrogen) atoms. The van der Waals surface area contributed by atoms with Gasteiger partial charge in [-0.15, -0.1) is 0 Å². The molecular formula is C52H34Br2N2. The SMILES string of the molecule is Brc1cc(-c2cc(Br)cc(N(c3ccc4ccccc4c3)c3ccc4ccccc4c3)c2)cc(N(c2ccc3ccccc3c2)c2ccc3ccccc3c2)c1. The van der Waals surface area contributed by atoms with Crippen molar-refractivity contribution in [3.05, 3.63) is 215 Å². The molecule has 10 aromatic carbocycles. The van der Waals surface area contributed by atoms with Gasteiger partial charge < -0.3 is 9.80 Å². The van der Waals surface area contributed by atoms with Gasteiger partial charge in [0, 0.05) is 43.1 Å². The summed E-state index contributed by atoms with van der Waals surface area (Å²) < 4.78 is 2.00. The Morgan fingerprint density at radius 3 is 0.786 bits per heavy atom. The number of nitrogens with zero attached hydrogens (tertiary/aromatic N) is 2. The van der Waals surface area contributed by atoms with Gasteiger partial charge in [0.2, 0.25) is 0 Å². The monoisotopic (exact) mass is 844 g/mol. The third kappa shape index (κ3) is 6.62. The molecule has 10 aromatic rings. The number of halogens is 2. The fourth-order valence-electron chi connectivity index (χ4n) is 7.90. The summed E-state index contributed by atoms with van der Waals surface area (Å²) in [7, 11) is 0. The van der Waals surface area contributed by atoms with Crippen LogP contribution in [-0.2, 0) is 0 Å². The molecule has 0 radical (unpaired) electrons. The molecule has 0 heterocycles. The third-order valence-electron chi connectivity index (χ3n) is 10.6. The van der Waals surface area contributed by atoms with Crippen LogP contribution in [0.1, 0.15) is 0 Å². The van der Waals surface area contributed by atoms with E-state index in [0.717, 1.165) is 54.2 Å². The van der Waals surface area contributed by atoms with Gasteiger partial charge in [-0.05, 0) is 139 Å². The van der Waals surface area contributed by atoms with E-state index in [4.69, 9.17) is 0 Å². The highest BCUT2D eigenvalue weighted by atomic mass is 79.9. The van der Waals surface area contributed by atoms with Crippen LogP contribution < -0.4 is 9.80 Å². The zero-order chi connectivity index (χ0) is 37.6. The Kier molecular flexibility index (Phi) is 8.86. The first-order valence-corrected chi connectivity index (χ1v) is 20.3. The summed E-state index contributed by atoms with van der Waals surface area (Å²) in [5, 5.41) is 9.66. The molecule has 0 N–H and O–H groups in total. The Labute approximate surface area is 343 Å². The van der Waals surface area contributed by atoms with Gasteiger partial charge >= 0.3 is 0 Å². The Morgan fingerprint density at radius 2 is 0.500 bits per heavy atom. The van der Waals surface area contributed by atoms with Crippen LogP contribution in [0.3, 0.4) is 0 Å². The second-order valence-electron chi connectivity index (χ2n) is 14.2. The first-order chi connectivity index (χ1) is 27.5. The minimum atomic E-state index is 0.999. The summed E-state index contributed by atoms with van der Waals surface area (Å²) in [5.74, 6) is 0. The highest BCUT2D eigenvalue weighted by molar-refractivity contribution is 9.10. The zero-order valence-corrected chi connectivity index (χ0v) is 33.5. The second-order valence-corrected chi connectivity index (χ2v) is 16.0. The second kappa shape index (κ2) is 14.5. The van der Waals surface area contributed by atoms with Crippen LogP contribution in [0.5, 0.6) is 0 Å². The van der Waals surface area contributed by atoms with Crippen molar-refractivity contribution >= 4 is 109 Å². The van der Waals surface area contributed by atoms with Crippen LogP contribution >= 0.6 is 31.9 Å². The smallest absolute Gasteiger partial charge is 0.0479 e. The van der Waals surface area contributed by atoms with E-state index < -0.39 is 0 Å². The fourth-order valence-corrected chi connectivity index (χ4v) is 8.86. The van der Waals surface area contributed by atoms with Crippen LogP contribution in [0.4, 0.5) is 34.1 Å². The molecule has 0 fully saturated rings. The summed E-state index contributed by atoms with van der Waals surface area (Å²) in [4.78, 5) is 4.73. The third-order valence-corrected chi connectivity index (χ3v) is 11.5. The first kappa shape index (κ1) is 34.3. The van der Waals surface area contributed by atoms with Crippen molar-refractivity contribution in [2.45, 2.75) is 0 Å². The van der Waals surface area contributed by atoms with E-state index in [-0.39, 0.29) is 0 Å². The lowest BCUT2D eigenvalue weighted by atomic mass is 10.0. The van der Waals surface area contributed by atoms with E-state index in [9.17, 15) is 0 Å². The Hall–Kier alpha value is -6.20. The normalized spacial score (nSPS) is 11.4. The number of benzene rings is 10. The lowest BCUT2D eigenvalue weighted by molar-refractivity contribution is 1.28. The predicted molar refractivity (Wildman–Crippen MR) is 247 cm³/mol. The average molecular weight is 847 g/mol. The molecule has 0 amide bonds. The highest BCUT2D eigenvalue weighted by Gasteiger charge is 2.19. The first-order valence-electron chi connectivity index (χ1n) is 18.7. The molecule has 0 saturated heterocycles. The molecule has 0 aliphatic heterocycles. The van der Waals surface area contributed by atoms with E-state index in [1.807, 2.05) is 0 Å². The molecule has 4 heteroatoms. The van der Waals surface area contributed by atoms with Crippen LogP contribution in [-0.4, -0.2) is 0 Å². The van der Waals surface area contributed by atoms with Gasteiger partial charge in [-0.25, -0.2) is 0 Å². The van der Waals surface area contributed by atoms with Gasteiger partial charge in [0.15, 0.2) is 0 Å². The topological polar surface area (TPSA) is 6.48 Å². The lowest BCUT2D eigenvalue weighted by Crippen LogP contribution is -2.11. The molecule has 10 rings (SSSR count). The van der Waals surface area contributed by atoms with Crippen molar-refractivity contribution in [2.75, 3.05) is 9.80 Å². The summed E-state index contributed by atoms with van der Waals surface area (Å²) >= 11 is 7.88. The van der Waals surface area contributed by atoms with Crippen molar-refractivity contribution in [1.29, 1.82) is 0 Å². The average Bonchev–Trinajstić information content (AvgIpc) is 3.23. The van der Waals surface area contributed by atoms with E-state index in [1.54, 1.807) is 0 Å². The van der Waals surface area contributed by atoms with Crippen molar-refractivity contribution in [2.24, 2.45) is 0 Å². The summed E-state index contributed by atoms with van der Waals surface area (Å²) in [5.41, 5.74) is 8.69. The quantitative estimate of drug-likeness (QED) is 0.158. The standard InChI is InChI=1S/C52H34Br2N2/c53-45-25-43(31-51(33-45)55(47-21-17-35-9-1-5-13-39(35)27-47)48-22-18-36-10-2-6-14-40(36)28-48)44-26-46(54)34-52(32-44)56(49-23-19-37-11-3-7-15-41(37)29-49)50-24-20-38-12-4-8-16-42(38)30-50/h1-34H. The Balaban J connectivity index is 1.14. The van der Waals surface area contributed by atoms with E-state index in [2.05, 4.69) is 248 Å². The van der Waals surface area contributed by atoms with Gasteiger partial charge in [-0.1, -0.05) is 153 Å². The molecule has 2 nitrogen and oxygen atoms in total. The van der Waals surface area contributed by atoms with E-state index >= 15 is 0 Å². The Morgan fingerprint density at radius 1 is 0.232 bits per heavy atom. The zero-order valence-electron chi connectivity index (χ0n) is 30.3. The number of anilines is 6. The molecule has 266 valence electrons. The highest BCUT2D eigenvalue weighted by Crippen LogP contribution is 2.44. The van der Waals surface area contributed by atoms with Gasteiger partial charge in [0.25, 0.3) is 0 Å². The number of rotatable bonds is 7.